The Morgan fingerprint density at radius 1 is 1.20 bits per heavy atom. The van der Waals surface area contributed by atoms with Crippen molar-refractivity contribution < 1.29 is 4.79 Å². The van der Waals surface area contributed by atoms with Crippen LogP contribution in [0.4, 0.5) is 11.5 Å². The molecule has 3 aromatic rings. The summed E-state index contributed by atoms with van der Waals surface area (Å²) in [7, 11) is 0. The van der Waals surface area contributed by atoms with E-state index < -0.39 is 0 Å². The van der Waals surface area contributed by atoms with Gasteiger partial charge in [-0.25, -0.2) is 0 Å². The Bertz CT molecular complexity index is 894. The third-order valence-electron chi connectivity index (χ3n) is 4.38. The van der Waals surface area contributed by atoms with Crippen LogP contribution in [0.5, 0.6) is 0 Å². The van der Waals surface area contributed by atoms with Crippen molar-refractivity contribution >= 4 is 39.0 Å². The molecule has 8 heteroatoms. The molecule has 1 amide bonds. The van der Waals surface area contributed by atoms with Crippen LogP contribution in [0, 0.1) is 5.92 Å². The van der Waals surface area contributed by atoms with Gasteiger partial charge in [-0.1, -0.05) is 15.9 Å². The van der Waals surface area contributed by atoms with Crippen LogP contribution in [-0.4, -0.2) is 38.8 Å². The SMILES string of the molecule is O=C(Nc1ccc(Br)cc1)C1CCCN(c2ccc3nncn3n2)C1. The van der Waals surface area contributed by atoms with Crippen LogP contribution >= 0.6 is 15.9 Å². The fourth-order valence-corrected chi connectivity index (χ4v) is 3.33. The summed E-state index contributed by atoms with van der Waals surface area (Å²) < 4.78 is 2.64. The molecule has 0 saturated carbocycles. The van der Waals surface area contributed by atoms with E-state index in [0.717, 1.165) is 35.4 Å². The number of nitrogens with one attached hydrogen (secondary N) is 1. The fourth-order valence-electron chi connectivity index (χ4n) is 3.06. The molecular formula is C17H17BrN6O. The van der Waals surface area contributed by atoms with Crippen molar-refractivity contribution in [2.75, 3.05) is 23.3 Å². The van der Waals surface area contributed by atoms with Crippen molar-refractivity contribution in [3.8, 4) is 0 Å². The number of aromatic nitrogens is 4. The lowest BCUT2D eigenvalue weighted by molar-refractivity contribution is -0.120. The third kappa shape index (κ3) is 3.48. The van der Waals surface area contributed by atoms with E-state index in [9.17, 15) is 4.79 Å². The molecule has 1 saturated heterocycles. The molecule has 0 bridgehead atoms. The summed E-state index contributed by atoms with van der Waals surface area (Å²) in [6, 6.07) is 11.4. The summed E-state index contributed by atoms with van der Waals surface area (Å²) >= 11 is 3.40. The molecule has 0 radical (unpaired) electrons. The highest BCUT2D eigenvalue weighted by atomic mass is 79.9. The molecule has 0 aliphatic carbocycles. The molecule has 4 rings (SSSR count). The molecule has 1 aliphatic rings. The summed E-state index contributed by atoms with van der Waals surface area (Å²) in [6.45, 7) is 1.55. The number of halogens is 1. The highest BCUT2D eigenvalue weighted by molar-refractivity contribution is 9.10. The van der Waals surface area contributed by atoms with Gasteiger partial charge < -0.3 is 10.2 Å². The molecule has 25 heavy (non-hydrogen) atoms. The van der Waals surface area contributed by atoms with E-state index in [1.807, 2.05) is 36.4 Å². The Hall–Kier alpha value is -2.48. The first-order valence-corrected chi connectivity index (χ1v) is 8.97. The van der Waals surface area contributed by atoms with Gasteiger partial charge in [0, 0.05) is 23.2 Å². The maximum atomic E-state index is 12.6. The molecule has 128 valence electrons. The van der Waals surface area contributed by atoms with Crippen LogP contribution in [0.3, 0.4) is 0 Å². The Morgan fingerprint density at radius 3 is 2.88 bits per heavy atom. The second kappa shape index (κ2) is 6.79. The molecule has 1 atom stereocenters. The molecular weight excluding hydrogens is 384 g/mol. The monoisotopic (exact) mass is 400 g/mol. The summed E-state index contributed by atoms with van der Waals surface area (Å²) in [6.07, 6.45) is 3.43. The Kier molecular flexibility index (Phi) is 4.35. The zero-order chi connectivity index (χ0) is 17.2. The smallest absolute Gasteiger partial charge is 0.229 e. The van der Waals surface area contributed by atoms with Crippen LogP contribution < -0.4 is 10.2 Å². The summed E-state index contributed by atoms with van der Waals surface area (Å²) in [5.41, 5.74) is 1.53. The maximum Gasteiger partial charge on any atom is 0.229 e. The zero-order valence-corrected chi connectivity index (χ0v) is 15.1. The van der Waals surface area contributed by atoms with E-state index in [4.69, 9.17) is 0 Å². The Morgan fingerprint density at radius 2 is 2.04 bits per heavy atom. The lowest BCUT2D eigenvalue weighted by atomic mass is 9.97. The molecule has 1 N–H and O–H groups in total. The minimum atomic E-state index is -0.0594. The van der Waals surface area contributed by atoms with E-state index in [1.54, 1.807) is 10.8 Å². The van der Waals surface area contributed by atoms with Gasteiger partial charge >= 0.3 is 0 Å². The van der Waals surface area contributed by atoms with Gasteiger partial charge in [0.25, 0.3) is 0 Å². The lowest BCUT2D eigenvalue weighted by Gasteiger charge is -2.32. The van der Waals surface area contributed by atoms with Gasteiger partial charge in [0.05, 0.1) is 5.92 Å². The number of nitrogens with zero attached hydrogens (tertiary/aromatic N) is 5. The van der Waals surface area contributed by atoms with Gasteiger partial charge in [-0.05, 0) is 49.2 Å². The number of carbonyl (C=O) groups excluding carboxylic acids is 1. The van der Waals surface area contributed by atoms with Crippen LogP contribution in [0.25, 0.3) is 5.65 Å². The molecule has 0 spiro atoms. The first-order valence-electron chi connectivity index (χ1n) is 8.17. The normalized spacial score (nSPS) is 17.6. The van der Waals surface area contributed by atoms with E-state index in [-0.39, 0.29) is 11.8 Å². The minimum absolute atomic E-state index is 0.0531. The number of piperidine rings is 1. The highest BCUT2D eigenvalue weighted by Crippen LogP contribution is 2.23. The molecule has 3 heterocycles. The Balaban J connectivity index is 1.46. The van der Waals surface area contributed by atoms with Crippen LogP contribution in [-0.2, 0) is 4.79 Å². The van der Waals surface area contributed by atoms with Crippen molar-refractivity contribution in [2.24, 2.45) is 5.92 Å². The van der Waals surface area contributed by atoms with E-state index in [1.165, 1.54) is 0 Å². The second-order valence-electron chi connectivity index (χ2n) is 6.11. The average molecular weight is 401 g/mol. The van der Waals surface area contributed by atoms with Crippen molar-refractivity contribution in [2.45, 2.75) is 12.8 Å². The largest absolute Gasteiger partial charge is 0.354 e. The zero-order valence-electron chi connectivity index (χ0n) is 13.5. The quantitative estimate of drug-likeness (QED) is 0.731. The summed E-state index contributed by atoms with van der Waals surface area (Å²) in [5.74, 6) is 0.835. The van der Waals surface area contributed by atoms with Crippen LogP contribution in [0.1, 0.15) is 12.8 Å². The predicted octanol–water partition coefficient (Wildman–Crippen LogP) is 2.74. The summed E-state index contributed by atoms with van der Waals surface area (Å²) in [4.78, 5) is 14.8. The molecule has 1 aromatic carbocycles. The van der Waals surface area contributed by atoms with Crippen molar-refractivity contribution in [3.05, 3.63) is 47.2 Å². The first kappa shape index (κ1) is 16.0. The fraction of sp³-hybridized carbons (Fsp3) is 0.294. The van der Waals surface area contributed by atoms with Crippen LogP contribution in [0.15, 0.2) is 47.2 Å². The number of carbonyl (C=O) groups is 1. The number of fused-ring (bicyclic) bond motifs is 1. The standard InChI is InChI=1S/C17H17BrN6O/c18-13-3-5-14(6-4-13)20-17(25)12-2-1-9-23(10-12)16-8-7-15-21-19-11-24(15)22-16/h3-8,11-12H,1-2,9-10H2,(H,20,25). The van der Waals surface area contributed by atoms with Crippen molar-refractivity contribution in [3.63, 3.8) is 0 Å². The van der Waals surface area contributed by atoms with Crippen LogP contribution in [0.2, 0.25) is 0 Å². The van der Waals surface area contributed by atoms with Crippen molar-refractivity contribution in [1.82, 2.24) is 19.8 Å². The van der Waals surface area contributed by atoms with Gasteiger partial charge in [0.15, 0.2) is 5.65 Å². The summed E-state index contributed by atoms with van der Waals surface area (Å²) in [5, 5.41) is 15.3. The number of rotatable bonds is 3. The van der Waals surface area contributed by atoms with E-state index in [2.05, 4.69) is 41.4 Å². The lowest BCUT2D eigenvalue weighted by Crippen LogP contribution is -2.41. The third-order valence-corrected chi connectivity index (χ3v) is 4.90. The average Bonchev–Trinajstić information content (AvgIpc) is 3.11. The molecule has 1 aliphatic heterocycles. The molecule has 2 aromatic heterocycles. The second-order valence-corrected chi connectivity index (χ2v) is 7.02. The van der Waals surface area contributed by atoms with Crippen molar-refractivity contribution in [1.29, 1.82) is 0 Å². The highest BCUT2D eigenvalue weighted by Gasteiger charge is 2.26. The minimum Gasteiger partial charge on any atom is -0.354 e. The van der Waals surface area contributed by atoms with E-state index >= 15 is 0 Å². The van der Waals surface area contributed by atoms with E-state index in [0.29, 0.717) is 12.2 Å². The van der Waals surface area contributed by atoms with Gasteiger partial charge in [-0.2, -0.15) is 4.52 Å². The van der Waals surface area contributed by atoms with Gasteiger partial charge in [-0.15, -0.1) is 15.3 Å². The first-order chi connectivity index (χ1) is 12.2. The van der Waals surface area contributed by atoms with Gasteiger partial charge in [0.1, 0.15) is 12.1 Å². The number of amides is 1. The topological polar surface area (TPSA) is 75.4 Å². The number of anilines is 2. The number of hydrogen-bond acceptors (Lipinski definition) is 5. The molecule has 1 fully saturated rings. The number of hydrogen-bond donors (Lipinski definition) is 1. The maximum absolute atomic E-state index is 12.6. The predicted molar refractivity (Wildman–Crippen MR) is 98.5 cm³/mol. The molecule has 7 nitrogen and oxygen atoms in total. The molecule has 1 unspecified atom stereocenters. The van der Waals surface area contributed by atoms with Gasteiger partial charge in [-0.3, -0.25) is 4.79 Å². The number of benzene rings is 1. The van der Waals surface area contributed by atoms with Gasteiger partial charge in [0.2, 0.25) is 5.91 Å². The Labute approximate surface area is 153 Å².